The maximum atomic E-state index is 7.00. The molecule has 2 nitrogen and oxygen atoms in total. The van der Waals surface area contributed by atoms with E-state index in [1.54, 1.807) is 0 Å². The van der Waals surface area contributed by atoms with Crippen LogP contribution in [0.25, 0.3) is 0 Å². The molecule has 5 aromatic carbocycles. The van der Waals surface area contributed by atoms with Crippen molar-refractivity contribution in [1.29, 1.82) is 0 Å². The zero-order chi connectivity index (χ0) is 27.5. The molecule has 7 rings (SSSR count). The van der Waals surface area contributed by atoms with Gasteiger partial charge in [-0.05, 0) is 0 Å². The normalized spacial score (nSPS) is 22.6. The van der Waals surface area contributed by atoms with Gasteiger partial charge in [0.25, 0.3) is 0 Å². The van der Waals surface area contributed by atoms with E-state index in [1.165, 1.54) is 39.9 Å². The molecule has 1 saturated carbocycles. The Morgan fingerprint density at radius 1 is 0.512 bits per heavy atom. The Kier molecular flexibility index (Phi) is 7.26. The molecule has 1 aliphatic carbocycles. The molecular formula is C38H36NOP. The molecule has 1 fully saturated rings. The van der Waals surface area contributed by atoms with E-state index in [-0.39, 0.29) is 18.1 Å². The molecule has 5 aromatic rings. The molecule has 0 bridgehead atoms. The molecular weight excluding hydrogens is 517 g/mol. The van der Waals surface area contributed by atoms with Gasteiger partial charge >= 0.3 is 245 Å². The summed E-state index contributed by atoms with van der Waals surface area (Å²) in [7, 11) is -2.48. The fraction of sp³-hybridized carbons (Fsp3) is 0.184. The molecule has 3 heteroatoms. The Morgan fingerprint density at radius 2 is 0.951 bits per heavy atom. The Morgan fingerprint density at radius 3 is 1.44 bits per heavy atom. The summed E-state index contributed by atoms with van der Waals surface area (Å²) in [6.45, 7) is 0. The SMILES string of the molecule is c1ccc(C2N=C(C3CCCC3[PH](c3ccccc3)(c3ccccc3)c3ccccc3)O[C@H]2c2ccccc2)cc1. The third kappa shape index (κ3) is 4.71. The van der Waals surface area contributed by atoms with Crippen LogP contribution in [-0.4, -0.2) is 11.6 Å². The zero-order valence-electron chi connectivity index (χ0n) is 23.2. The number of ether oxygens (including phenoxy) is 1. The molecule has 0 aromatic heterocycles. The number of aliphatic imine (C=N–C) groups is 1. The Hall–Kier alpha value is -4.00. The number of benzene rings is 5. The van der Waals surface area contributed by atoms with E-state index in [4.69, 9.17) is 9.73 Å². The van der Waals surface area contributed by atoms with Crippen LogP contribution < -0.4 is 15.9 Å². The molecule has 0 radical (unpaired) electrons. The van der Waals surface area contributed by atoms with Crippen LogP contribution in [0.3, 0.4) is 0 Å². The summed E-state index contributed by atoms with van der Waals surface area (Å²) < 4.78 is 7.00. The number of rotatable bonds is 7. The van der Waals surface area contributed by atoms with Crippen molar-refractivity contribution in [2.45, 2.75) is 37.1 Å². The summed E-state index contributed by atoms with van der Waals surface area (Å²) in [5.41, 5.74) is 2.83. The fourth-order valence-electron chi connectivity index (χ4n) is 7.42. The van der Waals surface area contributed by atoms with Crippen LogP contribution >= 0.6 is 7.26 Å². The van der Waals surface area contributed by atoms with Crippen LogP contribution in [0.1, 0.15) is 42.5 Å². The van der Waals surface area contributed by atoms with Crippen LogP contribution in [0.5, 0.6) is 0 Å². The number of hydrogen-bond acceptors (Lipinski definition) is 2. The average molecular weight is 554 g/mol. The van der Waals surface area contributed by atoms with E-state index in [0.29, 0.717) is 5.66 Å². The summed E-state index contributed by atoms with van der Waals surface area (Å²) >= 11 is 0. The summed E-state index contributed by atoms with van der Waals surface area (Å²) in [6.07, 6.45) is 3.35. The van der Waals surface area contributed by atoms with E-state index >= 15 is 0 Å². The van der Waals surface area contributed by atoms with Gasteiger partial charge < -0.3 is 0 Å². The van der Waals surface area contributed by atoms with Gasteiger partial charge in [0.2, 0.25) is 0 Å². The summed E-state index contributed by atoms with van der Waals surface area (Å²) in [4.78, 5) is 5.46. The van der Waals surface area contributed by atoms with Crippen LogP contribution in [0, 0.1) is 5.92 Å². The first-order chi connectivity index (χ1) is 20.4. The van der Waals surface area contributed by atoms with Crippen molar-refractivity contribution >= 4 is 29.1 Å². The third-order valence-electron chi connectivity index (χ3n) is 9.15. The number of nitrogens with zero attached hydrogens (tertiary/aromatic N) is 1. The minimum absolute atomic E-state index is 0.0453. The van der Waals surface area contributed by atoms with E-state index < -0.39 is 7.26 Å². The van der Waals surface area contributed by atoms with Gasteiger partial charge in [-0.1, -0.05) is 0 Å². The molecule has 1 heterocycles. The summed E-state index contributed by atoms with van der Waals surface area (Å²) in [6, 6.07) is 55.3. The minimum atomic E-state index is -2.48. The van der Waals surface area contributed by atoms with Gasteiger partial charge in [-0.3, -0.25) is 0 Å². The first-order valence-electron chi connectivity index (χ1n) is 14.9. The molecule has 41 heavy (non-hydrogen) atoms. The molecule has 0 saturated heterocycles. The van der Waals surface area contributed by atoms with Crippen molar-refractivity contribution in [2.75, 3.05) is 0 Å². The average Bonchev–Trinajstić information content (AvgIpc) is 3.73. The van der Waals surface area contributed by atoms with E-state index in [2.05, 4.69) is 152 Å². The predicted molar refractivity (Wildman–Crippen MR) is 175 cm³/mol. The van der Waals surface area contributed by atoms with Gasteiger partial charge in [0.15, 0.2) is 0 Å². The van der Waals surface area contributed by atoms with Gasteiger partial charge in [0.1, 0.15) is 0 Å². The summed E-state index contributed by atoms with van der Waals surface area (Å²) in [5, 5.41) is 4.39. The van der Waals surface area contributed by atoms with Crippen molar-refractivity contribution in [3.8, 4) is 0 Å². The molecule has 0 N–H and O–H groups in total. The van der Waals surface area contributed by atoms with Crippen LogP contribution in [0.2, 0.25) is 0 Å². The second-order valence-electron chi connectivity index (χ2n) is 11.3. The van der Waals surface area contributed by atoms with Crippen molar-refractivity contribution in [2.24, 2.45) is 10.9 Å². The fourth-order valence-corrected chi connectivity index (χ4v) is 13.4. The predicted octanol–water partition coefficient (Wildman–Crippen LogP) is 7.79. The Bertz CT molecular complexity index is 1490. The number of hydrogen-bond donors (Lipinski definition) is 0. The van der Waals surface area contributed by atoms with Crippen molar-refractivity contribution in [3.05, 3.63) is 163 Å². The molecule has 1 aliphatic heterocycles. The van der Waals surface area contributed by atoms with Crippen molar-refractivity contribution < 1.29 is 4.74 Å². The van der Waals surface area contributed by atoms with Gasteiger partial charge in [0, 0.05) is 0 Å². The molecule has 204 valence electrons. The quantitative estimate of drug-likeness (QED) is 0.189. The maximum absolute atomic E-state index is 7.00. The van der Waals surface area contributed by atoms with Crippen LogP contribution in [0.4, 0.5) is 0 Å². The Balaban J connectivity index is 1.39. The second-order valence-corrected chi connectivity index (χ2v) is 15.4. The van der Waals surface area contributed by atoms with E-state index in [1.807, 2.05) is 0 Å². The zero-order valence-corrected chi connectivity index (χ0v) is 24.2. The second kappa shape index (κ2) is 11.5. The van der Waals surface area contributed by atoms with E-state index in [0.717, 1.165) is 12.3 Å². The monoisotopic (exact) mass is 553 g/mol. The molecule has 2 aliphatic rings. The van der Waals surface area contributed by atoms with Gasteiger partial charge in [-0.15, -0.1) is 0 Å². The first kappa shape index (κ1) is 25.9. The molecule has 3 unspecified atom stereocenters. The topological polar surface area (TPSA) is 21.6 Å². The first-order valence-corrected chi connectivity index (χ1v) is 16.9. The molecule has 4 atom stereocenters. The Labute approximate surface area is 244 Å². The van der Waals surface area contributed by atoms with E-state index in [9.17, 15) is 0 Å². The van der Waals surface area contributed by atoms with Crippen molar-refractivity contribution in [3.63, 3.8) is 0 Å². The van der Waals surface area contributed by atoms with Crippen molar-refractivity contribution in [1.82, 2.24) is 0 Å². The third-order valence-corrected chi connectivity index (χ3v) is 14.7. The summed E-state index contributed by atoms with van der Waals surface area (Å²) in [5.74, 6) is 1.22. The van der Waals surface area contributed by atoms with Crippen LogP contribution in [-0.2, 0) is 4.74 Å². The standard InChI is InChI=1S/C38H36NOP/c1-6-17-29(18-7-1)36-37(30-19-8-2-9-20-30)40-38(39-36)34-27-16-28-35(34)41(31-21-10-3-11-22-31,32-23-12-4-13-24-32)33-25-14-5-15-26-33/h1-15,17-26,34-37,41H,16,27-28H2/t34?,35?,36?,37-/m0/s1. The molecule has 0 spiro atoms. The van der Waals surface area contributed by atoms with Gasteiger partial charge in [-0.2, -0.15) is 0 Å². The van der Waals surface area contributed by atoms with Gasteiger partial charge in [-0.25, -0.2) is 0 Å². The molecule has 0 amide bonds. The van der Waals surface area contributed by atoms with Gasteiger partial charge in [0.05, 0.1) is 0 Å². The van der Waals surface area contributed by atoms with Crippen LogP contribution in [0.15, 0.2) is 157 Å².